The molecule has 0 aromatic heterocycles. The van der Waals surface area contributed by atoms with E-state index in [1.54, 1.807) is 14.0 Å². The van der Waals surface area contributed by atoms with Crippen LogP contribution >= 0.6 is 0 Å². The summed E-state index contributed by atoms with van der Waals surface area (Å²) in [6.07, 6.45) is 0.393. The maximum atomic E-state index is 11.8. The van der Waals surface area contributed by atoms with E-state index in [2.05, 4.69) is 5.32 Å². The molecule has 0 radical (unpaired) electrons. The van der Waals surface area contributed by atoms with Crippen molar-refractivity contribution in [2.75, 3.05) is 13.7 Å². The number of amides is 1. The Morgan fingerprint density at radius 3 is 2.72 bits per heavy atom. The molecule has 18 heavy (non-hydrogen) atoms. The van der Waals surface area contributed by atoms with Gasteiger partial charge in [-0.15, -0.1) is 0 Å². The second-order valence-electron chi connectivity index (χ2n) is 4.82. The lowest BCUT2D eigenvalue weighted by molar-refractivity contribution is -0.122. The number of ether oxygens (including phenoxy) is 1. The Morgan fingerprint density at radius 2 is 2.17 bits per heavy atom. The minimum atomic E-state index is -0.493. The molecule has 1 aromatic rings. The van der Waals surface area contributed by atoms with E-state index in [1.807, 2.05) is 24.3 Å². The number of carbonyl (C=O) groups is 1. The minimum absolute atomic E-state index is 0.0386. The lowest BCUT2D eigenvalue weighted by Gasteiger charge is -2.07. The van der Waals surface area contributed by atoms with Gasteiger partial charge in [0, 0.05) is 12.5 Å². The number of hydrogen-bond donors (Lipinski definition) is 2. The Hall–Kier alpha value is -1.55. The lowest BCUT2D eigenvalue weighted by Crippen LogP contribution is -2.31. The molecular formula is C14H19NO3. The summed E-state index contributed by atoms with van der Waals surface area (Å²) < 4.78 is 5.10. The van der Waals surface area contributed by atoms with E-state index in [-0.39, 0.29) is 11.8 Å². The lowest BCUT2D eigenvalue weighted by atomic mass is 10.1. The van der Waals surface area contributed by atoms with E-state index in [1.165, 1.54) is 5.56 Å². The van der Waals surface area contributed by atoms with Crippen LogP contribution in [0.15, 0.2) is 24.3 Å². The van der Waals surface area contributed by atoms with Crippen LogP contribution in [-0.2, 0) is 4.79 Å². The molecule has 1 amide bonds. The number of hydrogen-bond acceptors (Lipinski definition) is 3. The van der Waals surface area contributed by atoms with Gasteiger partial charge in [0.2, 0.25) is 5.91 Å². The van der Waals surface area contributed by atoms with Gasteiger partial charge in [0.25, 0.3) is 0 Å². The largest absolute Gasteiger partial charge is 0.497 e. The van der Waals surface area contributed by atoms with Gasteiger partial charge in [-0.3, -0.25) is 4.79 Å². The molecule has 98 valence electrons. The maximum absolute atomic E-state index is 11.8. The fourth-order valence-corrected chi connectivity index (χ4v) is 2.08. The van der Waals surface area contributed by atoms with Crippen molar-refractivity contribution in [1.29, 1.82) is 0 Å². The molecule has 3 atom stereocenters. The van der Waals surface area contributed by atoms with E-state index in [0.29, 0.717) is 12.5 Å². The standard InChI is InChI=1S/C14H19NO3/c1-9(16)8-15-14(17)13-7-12(13)10-3-5-11(18-2)6-4-10/h3-6,9,12-13,16H,7-8H2,1-2H3,(H,15,17). The van der Waals surface area contributed by atoms with Crippen LogP contribution in [0.3, 0.4) is 0 Å². The fourth-order valence-electron chi connectivity index (χ4n) is 2.08. The molecular weight excluding hydrogens is 230 g/mol. The predicted molar refractivity (Wildman–Crippen MR) is 68.5 cm³/mol. The number of nitrogens with one attached hydrogen (secondary N) is 1. The van der Waals surface area contributed by atoms with E-state index in [4.69, 9.17) is 9.84 Å². The van der Waals surface area contributed by atoms with Crippen LogP contribution < -0.4 is 10.1 Å². The van der Waals surface area contributed by atoms with Gasteiger partial charge in [-0.1, -0.05) is 12.1 Å². The van der Waals surface area contributed by atoms with Gasteiger partial charge in [-0.05, 0) is 37.0 Å². The number of aliphatic hydroxyl groups excluding tert-OH is 1. The van der Waals surface area contributed by atoms with Crippen molar-refractivity contribution >= 4 is 5.91 Å². The van der Waals surface area contributed by atoms with Gasteiger partial charge >= 0.3 is 0 Å². The first-order valence-electron chi connectivity index (χ1n) is 6.21. The second-order valence-corrected chi connectivity index (χ2v) is 4.82. The second kappa shape index (κ2) is 5.40. The average Bonchev–Trinajstić information content (AvgIpc) is 3.16. The summed E-state index contributed by atoms with van der Waals surface area (Å²) >= 11 is 0. The average molecular weight is 249 g/mol. The zero-order chi connectivity index (χ0) is 13.1. The molecule has 1 aliphatic carbocycles. The molecule has 1 saturated carbocycles. The van der Waals surface area contributed by atoms with E-state index >= 15 is 0 Å². The zero-order valence-electron chi connectivity index (χ0n) is 10.7. The third-order valence-corrected chi connectivity index (χ3v) is 3.24. The quantitative estimate of drug-likeness (QED) is 0.827. The molecule has 4 nitrogen and oxygen atoms in total. The third-order valence-electron chi connectivity index (χ3n) is 3.24. The highest BCUT2D eigenvalue weighted by molar-refractivity contribution is 5.82. The van der Waals surface area contributed by atoms with Crippen LogP contribution in [0.2, 0.25) is 0 Å². The molecule has 0 aliphatic heterocycles. The van der Waals surface area contributed by atoms with E-state index < -0.39 is 6.10 Å². The summed E-state index contributed by atoms with van der Waals surface area (Å²) in [6.45, 7) is 1.98. The van der Waals surface area contributed by atoms with Gasteiger partial charge in [0.1, 0.15) is 5.75 Å². The Balaban J connectivity index is 1.88. The summed E-state index contributed by atoms with van der Waals surface area (Å²) in [5.41, 5.74) is 1.17. The molecule has 2 N–H and O–H groups in total. The van der Waals surface area contributed by atoms with Gasteiger partial charge in [-0.2, -0.15) is 0 Å². The van der Waals surface area contributed by atoms with Crippen molar-refractivity contribution in [3.05, 3.63) is 29.8 Å². The summed E-state index contributed by atoms with van der Waals surface area (Å²) in [5, 5.41) is 11.9. The molecule has 1 fully saturated rings. The van der Waals surface area contributed by atoms with Crippen molar-refractivity contribution < 1.29 is 14.6 Å². The number of carbonyl (C=O) groups excluding carboxylic acids is 1. The Morgan fingerprint density at radius 1 is 1.50 bits per heavy atom. The SMILES string of the molecule is COc1ccc(C2CC2C(=O)NCC(C)O)cc1. The highest BCUT2D eigenvalue weighted by atomic mass is 16.5. The first-order valence-corrected chi connectivity index (χ1v) is 6.21. The topological polar surface area (TPSA) is 58.6 Å². The van der Waals surface area contributed by atoms with Crippen molar-refractivity contribution in [1.82, 2.24) is 5.32 Å². The van der Waals surface area contributed by atoms with Crippen molar-refractivity contribution in [3.63, 3.8) is 0 Å². The minimum Gasteiger partial charge on any atom is -0.497 e. The number of benzene rings is 1. The van der Waals surface area contributed by atoms with Crippen molar-refractivity contribution in [2.45, 2.75) is 25.4 Å². The van der Waals surface area contributed by atoms with Crippen LogP contribution in [0.25, 0.3) is 0 Å². The third kappa shape index (κ3) is 3.01. The zero-order valence-corrected chi connectivity index (χ0v) is 10.7. The van der Waals surface area contributed by atoms with Crippen LogP contribution in [0.1, 0.15) is 24.8 Å². The van der Waals surface area contributed by atoms with Gasteiger partial charge in [0.05, 0.1) is 13.2 Å². The summed E-state index contributed by atoms with van der Waals surface area (Å²) in [7, 11) is 1.64. The molecule has 3 unspecified atom stereocenters. The number of methoxy groups -OCH3 is 1. The molecule has 4 heteroatoms. The highest BCUT2D eigenvalue weighted by Gasteiger charge is 2.43. The number of rotatable bonds is 5. The molecule has 0 bridgehead atoms. The maximum Gasteiger partial charge on any atom is 0.223 e. The Bertz CT molecular complexity index is 414. The Kier molecular flexibility index (Phi) is 3.87. The summed E-state index contributed by atoms with van der Waals surface area (Å²) in [6, 6.07) is 7.84. The highest BCUT2D eigenvalue weighted by Crippen LogP contribution is 2.47. The molecule has 2 rings (SSSR count). The normalized spacial score (nSPS) is 23.3. The molecule has 0 spiro atoms. The van der Waals surface area contributed by atoms with Gasteiger partial charge < -0.3 is 15.2 Å². The van der Waals surface area contributed by atoms with Crippen LogP contribution in [-0.4, -0.2) is 30.8 Å². The first kappa shape index (κ1) is 12.9. The van der Waals surface area contributed by atoms with E-state index in [0.717, 1.165) is 12.2 Å². The first-order chi connectivity index (χ1) is 8.61. The molecule has 0 heterocycles. The molecule has 0 saturated heterocycles. The summed E-state index contributed by atoms with van der Waals surface area (Å²) in [4.78, 5) is 11.8. The van der Waals surface area contributed by atoms with Crippen LogP contribution in [0, 0.1) is 5.92 Å². The molecule has 1 aliphatic rings. The molecule has 1 aromatic carbocycles. The Labute approximate surface area is 107 Å². The monoisotopic (exact) mass is 249 g/mol. The van der Waals surface area contributed by atoms with Crippen LogP contribution in [0.5, 0.6) is 5.75 Å². The number of aliphatic hydroxyl groups is 1. The van der Waals surface area contributed by atoms with Crippen molar-refractivity contribution in [2.24, 2.45) is 5.92 Å². The fraction of sp³-hybridized carbons (Fsp3) is 0.500. The van der Waals surface area contributed by atoms with Crippen LogP contribution in [0.4, 0.5) is 0 Å². The predicted octanol–water partition coefficient (Wildman–Crippen LogP) is 1.30. The van der Waals surface area contributed by atoms with Gasteiger partial charge in [0.15, 0.2) is 0 Å². The van der Waals surface area contributed by atoms with Gasteiger partial charge in [-0.25, -0.2) is 0 Å². The summed E-state index contributed by atoms with van der Waals surface area (Å²) in [5.74, 6) is 1.23. The smallest absolute Gasteiger partial charge is 0.223 e. The van der Waals surface area contributed by atoms with E-state index in [9.17, 15) is 4.79 Å². The van der Waals surface area contributed by atoms with Crippen molar-refractivity contribution in [3.8, 4) is 5.75 Å².